The van der Waals surface area contributed by atoms with E-state index < -0.39 is 0 Å². The molecule has 19 heavy (non-hydrogen) atoms. The van der Waals surface area contributed by atoms with Crippen LogP contribution < -0.4 is 11.1 Å². The van der Waals surface area contributed by atoms with E-state index in [1.807, 2.05) is 0 Å². The summed E-state index contributed by atoms with van der Waals surface area (Å²) in [6.45, 7) is 5.94. The molecule has 0 bridgehead atoms. The van der Waals surface area contributed by atoms with Gasteiger partial charge in [0.15, 0.2) is 17.0 Å². The van der Waals surface area contributed by atoms with Crippen LogP contribution in [-0.2, 0) is 6.54 Å². The molecule has 0 atom stereocenters. The van der Waals surface area contributed by atoms with E-state index in [1.165, 1.54) is 0 Å². The Morgan fingerprint density at radius 2 is 1.95 bits per heavy atom. The minimum absolute atomic E-state index is 0.256. The van der Waals surface area contributed by atoms with Gasteiger partial charge in [0.1, 0.15) is 0 Å². The van der Waals surface area contributed by atoms with Gasteiger partial charge in [0.25, 0.3) is 0 Å². The lowest BCUT2D eigenvalue weighted by molar-refractivity contribution is 0.564. The number of unbranched alkanes of at least 4 members (excludes halogenated alkanes) is 2. The predicted octanol–water partition coefficient (Wildman–Crippen LogP) is 1.82. The van der Waals surface area contributed by atoms with Gasteiger partial charge in [-0.05, 0) is 12.8 Å². The van der Waals surface area contributed by atoms with Crippen LogP contribution in [0.1, 0.15) is 39.5 Å². The smallest absolute Gasteiger partial charge is 0.224 e. The van der Waals surface area contributed by atoms with Crippen LogP contribution in [0, 0.1) is 0 Å². The molecular weight excluding hydrogens is 242 g/mol. The molecule has 0 aliphatic carbocycles. The van der Waals surface area contributed by atoms with Gasteiger partial charge in [-0.3, -0.25) is 0 Å². The number of nitrogen functional groups attached to an aromatic ring is 1. The van der Waals surface area contributed by atoms with Crippen LogP contribution in [0.15, 0.2) is 0 Å². The number of anilines is 2. The summed E-state index contributed by atoms with van der Waals surface area (Å²) < 4.78 is 1.79. The summed E-state index contributed by atoms with van der Waals surface area (Å²) in [6.07, 6.45) is 4.35. The van der Waals surface area contributed by atoms with E-state index in [-0.39, 0.29) is 5.95 Å². The molecule has 0 aliphatic rings. The Labute approximate surface area is 112 Å². The van der Waals surface area contributed by atoms with Crippen molar-refractivity contribution < 1.29 is 0 Å². The number of hydrogen-bond acceptors (Lipinski definition) is 6. The Balaban J connectivity index is 2.28. The Kier molecular flexibility index (Phi) is 4.48. The summed E-state index contributed by atoms with van der Waals surface area (Å²) in [6, 6.07) is 0. The first kappa shape index (κ1) is 13.5. The lowest BCUT2D eigenvalue weighted by Crippen LogP contribution is -2.08. The average molecular weight is 263 g/mol. The lowest BCUT2D eigenvalue weighted by atomic mass is 10.3. The SMILES string of the molecule is CCCCNc1nc(N)nc2c1nnn2CCCC. The van der Waals surface area contributed by atoms with E-state index in [9.17, 15) is 0 Å². The Morgan fingerprint density at radius 3 is 2.68 bits per heavy atom. The molecule has 0 unspecified atom stereocenters. The molecular formula is C12H21N7. The van der Waals surface area contributed by atoms with Crippen molar-refractivity contribution in [1.82, 2.24) is 25.0 Å². The summed E-state index contributed by atoms with van der Waals surface area (Å²) in [7, 11) is 0. The normalized spacial score (nSPS) is 11.1. The molecule has 0 radical (unpaired) electrons. The van der Waals surface area contributed by atoms with E-state index in [1.54, 1.807) is 4.68 Å². The molecule has 7 heteroatoms. The van der Waals surface area contributed by atoms with Gasteiger partial charge < -0.3 is 11.1 Å². The summed E-state index contributed by atoms with van der Waals surface area (Å²) in [5, 5.41) is 11.5. The van der Waals surface area contributed by atoms with Crippen LogP contribution in [0.3, 0.4) is 0 Å². The minimum atomic E-state index is 0.256. The number of aryl methyl sites for hydroxylation is 1. The Hall–Kier alpha value is -1.92. The molecule has 0 fully saturated rings. The Bertz CT molecular complexity index is 534. The van der Waals surface area contributed by atoms with Gasteiger partial charge in [0.05, 0.1) is 0 Å². The zero-order valence-corrected chi connectivity index (χ0v) is 11.6. The number of nitrogens with two attached hydrogens (primary N) is 1. The predicted molar refractivity (Wildman–Crippen MR) is 75.8 cm³/mol. The second-order valence-electron chi connectivity index (χ2n) is 4.55. The van der Waals surface area contributed by atoms with Crippen molar-refractivity contribution in [2.75, 3.05) is 17.6 Å². The van der Waals surface area contributed by atoms with Crippen LogP contribution in [0.4, 0.5) is 11.8 Å². The third-order valence-electron chi connectivity index (χ3n) is 2.93. The standard InChI is InChI=1S/C12H21N7/c1-3-5-7-14-10-9-11(16-12(13)15-10)19(18-17-9)8-6-4-2/h3-8H2,1-2H3,(H3,13,14,15,16). The van der Waals surface area contributed by atoms with Crippen molar-refractivity contribution in [2.45, 2.75) is 46.1 Å². The van der Waals surface area contributed by atoms with Crippen LogP contribution in [0.2, 0.25) is 0 Å². The maximum absolute atomic E-state index is 5.75. The molecule has 2 rings (SSSR count). The van der Waals surface area contributed by atoms with Gasteiger partial charge in [-0.15, -0.1) is 5.10 Å². The van der Waals surface area contributed by atoms with Gasteiger partial charge in [0, 0.05) is 13.1 Å². The Morgan fingerprint density at radius 1 is 1.16 bits per heavy atom. The molecule has 0 spiro atoms. The summed E-state index contributed by atoms with van der Waals surface area (Å²) in [5.74, 6) is 0.935. The molecule has 0 saturated carbocycles. The fourth-order valence-electron chi connectivity index (χ4n) is 1.84. The first-order valence-corrected chi connectivity index (χ1v) is 6.86. The molecule has 2 aromatic heterocycles. The first-order chi connectivity index (χ1) is 9.26. The maximum Gasteiger partial charge on any atom is 0.224 e. The third-order valence-corrected chi connectivity index (χ3v) is 2.93. The highest BCUT2D eigenvalue weighted by molar-refractivity contribution is 5.83. The van der Waals surface area contributed by atoms with Crippen molar-refractivity contribution in [1.29, 1.82) is 0 Å². The zero-order valence-electron chi connectivity index (χ0n) is 11.6. The van der Waals surface area contributed by atoms with Crippen LogP contribution >= 0.6 is 0 Å². The van der Waals surface area contributed by atoms with Gasteiger partial charge in [-0.2, -0.15) is 9.97 Å². The molecule has 2 heterocycles. The quantitative estimate of drug-likeness (QED) is 0.740. The first-order valence-electron chi connectivity index (χ1n) is 6.86. The number of nitrogens with zero attached hydrogens (tertiary/aromatic N) is 5. The largest absolute Gasteiger partial charge is 0.368 e. The molecule has 0 aliphatic heterocycles. The van der Waals surface area contributed by atoms with E-state index in [4.69, 9.17) is 5.73 Å². The average Bonchev–Trinajstić information content (AvgIpc) is 2.79. The van der Waals surface area contributed by atoms with Crippen molar-refractivity contribution in [3.8, 4) is 0 Å². The van der Waals surface area contributed by atoms with Gasteiger partial charge >= 0.3 is 0 Å². The van der Waals surface area contributed by atoms with E-state index in [2.05, 4.69) is 39.4 Å². The molecule has 7 nitrogen and oxygen atoms in total. The molecule has 0 saturated heterocycles. The van der Waals surface area contributed by atoms with E-state index >= 15 is 0 Å². The second-order valence-corrected chi connectivity index (χ2v) is 4.55. The number of fused-ring (bicyclic) bond motifs is 1. The van der Waals surface area contributed by atoms with E-state index in [0.29, 0.717) is 17.0 Å². The molecule has 2 aromatic rings. The van der Waals surface area contributed by atoms with Gasteiger partial charge in [-0.25, -0.2) is 4.68 Å². The monoisotopic (exact) mass is 263 g/mol. The summed E-state index contributed by atoms with van der Waals surface area (Å²) in [4.78, 5) is 8.45. The van der Waals surface area contributed by atoms with Crippen molar-refractivity contribution in [3.63, 3.8) is 0 Å². The van der Waals surface area contributed by atoms with Crippen molar-refractivity contribution in [2.24, 2.45) is 0 Å². The summed E-state index contributed by atoms with van der Waals surface area (Å²) in [5.41, 5.74) is 7.16. The number of rotatable bonds is 7. The highest BCUT2D eigenvalue weighted by atomic mass is 15.4. The zero-order chi connectivity index (χ0) is 13.7. The molecule has 3 N–H and O–H groups in total. The third kappa shape index (κ3) is 3.10. The molecule has 0 aromatic carbocycles. The van der Waals surface area contributed by atoms with Crippen LogP contribution in [0.5, 0.6) is 0 Å². The van der Waals surface area contributed by atoms with Gasteiger partial charge in [0.2, 0.25) is 5.95 Å². The fourth-order valence-corrected chi connectivity index (χ4v) is 1.84. The molecule has 0 amide bonds. The van der Waals surface area contributed by atoms with E-state index in [0.717, 1.165) is 38.8 Å². The number of hydrogen-bond donors (Lipinski definition) is 2. The summed E-state index contributed by atoms with van der Waals surface area (Å²) >= 11 is 0. The van der Waals surface area contributed by atoms with Gasteiger partial charge in [-0.1, -0.05) is 31.9 Å². The maximum atomic E-state index is 5.75. The number of aromatic nitrogens is 5. The second kappa shape index (κ2) is 6.31. The lowest BCUT2D eigenvalue weighted by Gasteiger charge is -2.06. The van der Waals surface area contributed by atoms with Crippen LogP contribution in [-0.4, -0.2) is 31.5 Å². The van der Waals surface area contributed by atoms with Crippen molar-refractivity contribution >= 4 is 22.9 Å². The number of nitrogens with one attached hydrogen (secondary N) is 1. The topological polar surface area (TPSA) is 94.5 Å². The minimum Gasteiger partial charge on any atom is -0.368 e. The highest BCUT2D eigenvalue weighted by Crippen LogP contribution is 2.18. The molecule has 104 valence electrons. The van der Waals surface area contributed by atoms with Crippen LogP contribution in [0.25, 0.3) is 11.2 Å². The van der Waals surface area contributed by atoms with Crippen molar-refractivity contribution in [3.05, 3.63) is 0 Å². The highest BCUT2D eigenvalue weighted by Gasteiger charge is 2.12. The fraction of sp³-hybridized carbons (Fsp3) is 0.667.